The molecule has 14 rings (SSSR count). The molecule has 4 nitrogen and oxygen atoms in total. The summed E-state index contributed by atoms with van der Waals surface area (Å²) in [5.41, 5.74) is 24.8. The van der Waals surface area contributed by atoms with Gasteiger partial charge in [-0.1, -0.05) is 194 Å². The van der Waals surface area contributed by atoms with Crippen LogP contribution in [0.25, 0.3) is 88.5 Å². The van der Waals surface area contributed by atoms with E-state index < -0.39 is 0 Å². The Hall–Kier alpha value is -6.46. The van der Waals surface area contributed by atoms with Gasteiger partial charge in [0.05, 0.1) is 22.2 Å². The second-order valence-corrected chi connectivity index (χ2v) is 28.3. The fraction of sp³-hybridized carbons (Fsp3) is 0.389. The number of hydrogen-bond acceptors (Lipinski definition) is 2. The van der Waals surface area contributed by atoms with Crippen molar-refractivity contribution in [2.45, 2.75) is 181 Å². The maximum Gasteiger partial charge on any atom is 0.252 e. The Morgan fingerprint density at radius 1 is 0.442 bits per heavy atom. The third-order valence-electron chi connectivity index (χ3n) is 19.0. The molecule has 7 aromatic carbocycles. The number of rotatable bonds is 4. The summed E-state index contributed by atoms with van der Waals surface area (Å²) in [6, 6.07) is 45.6. The smallest absolute Gasteiger partial charge is 0.252 e. The van der Waals surface area contributed by atoms with Crippen LogP contribution in [0.4, 0.5) is 0 Å². The molecule has 2 fully saturated rings. The van der Waals surface area contributed by atoms with Crippen LogP contribution in [-0.2, 0) is 21.7 Å². The molecule has 0 amide bonds. The molecule has 2 saturated carbocycles. The second kappa shape index (κ2) is 17.0. The minimum atomic E-state index is -0.100. The first kappa shape index (κ1) is 48.9. The summed E-state index contributed by atoms with van der Waals surface area (Å²) in [7, 11) is 0. The Morgan fingerprint density at radius 3 is 1.38 bits per heavy atom. The Bertz CT molecular complexity index is 3890. The van der Waals surface area contributed by atoms with Gasteiger partial charge in [0.2, 0.25) is 0 Å². The van der Waals surface area contributed by atoms with Gasteiger partial charge in [-0.15, -0.1) is 0 Å². The lowest BCUT2D eigenvalue weighted by Crippen LogP contribution is -2.59. The molecule has 10 aromatic rings. The van der Waals surface area contributed by atoms with Crippen LogP contribution in [0.3, 0.4) is 0 Å². The van der Waals surface area contributed by atoms with Gasteiger partial charge in [0, 0.05) is 60.5 Å². The molecule has 77 heavy (non-hydrogen) atoms. The van der Waals surface area contributed by atoms with Crippen LogP contribution in [0.5, 0.6) is 0 Å². The van der Waals surface area contributed by atoms with Gasteiger partial charge in [-0.25, -0.2) is 9.97 Å². The van der Waals surface area contributed by atoms with Crippen molar-refractivity contribution in [3.05, 3.63) is 149 Å². The zero-order valence-electron chi connectivity index (χ0n) is 48.1. The van der Waals surface area contributed by atoms with E-state index >= 15 is 0 Å². The van der Waals surface area contributed by atoms with Gasteiger partial charge >= 0.3 is 0 Å². The SMILES string of the molecule is CC(C)(C)c1cc(C(C)(C)C)c2c3cc(C4CCCCC4)cc4c3n(c2c1)-c1cc(-c2nc(-c3ccccc3)c3ccccc3n2)cc2c1B4c1cc(C3CCCCC3)cc3c4c(C(C)(C)C)cc(C(C)(C)C)cc4n-2c13. The van der Waals surface area contributed by atoms with Crippen LogP contribution >= 0.6 is 0 Å². The summed E-state index contributed by atoms with van der Waals surface area (Å²) < 4.78 is 5.51. The van der Waals surface area contributed by atoms with Gasteiger partial charge in [0.1, 0.15) is 0 Å². The van der Waals surface area contributed by atoms with E-state index in [9.17, 15) is 0 Å². The molecule has 2 aliphatic carbocycles. The molecule has 0 unspecified atom stereocenters. The molecule has 3 aromatic heterocycles. The Morgan fingerprint density at radius 2 is 0.909 bits per heavy atom. The van der Waals surface area contributed by atoms with Gasteiger partial charge in [0.15, 0.2) is 5.82 Å². The highest BCUT2D eigenvalue weighted by atomic mass is 15.0. The van der Waals surface area contributed by atoms with E-state index in [-0.39, 0.29) is 28.4 Å². The summed E-state index contributed by atoms with van der Waals surface area (Å²) in [6.07, 6.45) is 13.0. The predicted octanol–water partition coefficient (Wildman–Crippen LogP) is 17.6. The van der Waals surface area contributed by atoms with Crippen LogP contribution in [0.2, 0.25) is 0 Å². The van der Waals surface area contributed by atoms with E-state index in [4.69, 9.17) is 9.97 Å². The lowest BCUT2D eigenvalue weighted by molar-refractivity contribution is 0.444. The van der Waals surface area contributed by atoms with E-state index in [0.717, 1.165) is 33.5 Å². The number of hydrogen-bond donors (Lipinski definition) is 0. The Labute approximate surface area is 457 Å². The molecule has 0 spiro atoms. The van der Waals surface area contributed by atoms with E-state index in [1.807, 2.05) is 0 Å². The maximum absolute atomic E-state index is 5.67. The van der Waals surface area contributed by atoms with Gasteiger partial charge in [-0.3, -0.25) is 0 Å². The number of para-hydroxylation sites is 1. The molecule has 0 bridgehead atoms. The first-order chi connectivity index (χ1) is 36.7. The van der Waals surface area contributed by atoms with E-state index in [1.54, 1.807) is 11.1 Å². The van der Waals surface area contributed by atoms with E-state index in [1.165, 1.54) is 158 Å². The van der Waals surface area contributed by atoms with Crippen molar-refractivity contribution >= 4 is 77.6 Å². The largest absolute Gasteiger partial charge is 0.310 e. The van der Waals surface area contributed by atoms with Crippen molar-refractivity contribution in [1.29, 1.82) is 0 Å². The van der Waals surface area contributed by atoms with Gasteiger partial charge in [-0.2, -0.15) is 0 Å². The van der Waals surface area contributed by atoms with Crippen LogP contribution in [0, 0.1) is 0 Å². The highest BCUT2D eigenvalue weighted by Gasteiger charge is 2.44. The normalized spacial score (nSPS) is 16.4. The number of fused-ring (bicyclic) bond motifs is 11. The molecule has 0 radical (unpaired) electrons. The van der Waals surface area contributed by atoms with E-state index in [0.29, 0.717) is 11.8 Å². The topological polar surface area (TPSA) is 35.6 Å². The molecule has 5 heterocycles. The molecule has 388 valence electrons. The summed E-state index contributed by atoms with van der Waals surface area (Å²) in [5.74, 6) is 1.86. The molecular weight excluding hydrogens is 932 g/mol. The molecule has 0 saturated heterocycles. The number of benzene rings is 7. The monoisotopic (exact) mass is 1010 g/mol. The Kier molecular flexibility index (Phi) is 10.8. The zero-order valence-corrected chi connectivity index (χ0v) is 48.1. The average molecular weight is 1010 g/mol. The first-order valence-electron chi connectivity index (χ1n) is 29.6. The molecule has 4 aliphatic rings. The van der Waals surface area contributed by atoms with Gasteiger partial charge in [-0.05, 0) is 151 Å². The van der Waals surface area contributed by atoms with Gasteiger partial charge in [0.25, 0.3) is 6.71 Å². The third kappa shape index (κ3) is 7.58. The van der Waals surface area contributed by atoms with Crippen molar-refractivity contribution in [2.75, 3.05) is 0 Å². The fourth-order valence-electron chi connectivity index (χ4n) is 14.9. The van der Waals surface area contributed by atoms with Crippen molar-refractivity contribution in [3.63, 3.8) is 0 Å². The lowest BCUT2D eigenvalue weighted by Gasteiger charge is -2.35. The number of nitrogens with zero attached hydrogens (tertiary/aromatic N) is 4. The highest BCUT2D eigenvalue weighted by Crippen LogP contribution is 2.49. The molecule has 5 heteroatoms. The van der Waals surface area contributed by atoms with E-state index in [2.05, 4.69) is 207 Å². The average Bonchev–Trinajstić information content (AvgIpc) is 4.09. The van der Waals surface area contributed by atoms with Crippen molar-refractivity contribution < 1.29 is 0 Å². The van der Waals surface area contributed by atoms with Crippen molar-refractivity contribution in [3.8, 4) is 34.0 Å². The minimum absolute atomic E-state index is 0.0255. The highest BCUT2D eigenvalue weighted by molar-refractivity contribution is 7.00. The fourth-order valence-corrected chi connectivity index (χ4v) is 14.9. The van der Waals surface area contributed by atoms with Crippen LogP contribution in [-0.4, -0.2) is 25.8 Å². The summed E-state index contributed by atoms with van der Waals surface area (Å²) in [4.78, 5) is 11.2. The maximum atomic E-state index is 5.67. The molecule has 0 atom stereocenters. The predicted molar refractivity (Wildman–Crippen MR) is 330 cm³/mol. The molecule has 2 aliphatic heterocycles. The standard InChI is InChI=1S/C72H77BN4/c1-69(2,3)48-38-53(71(7,8)9)62-51-32-45(42-24-16-13-17-25-42)34-55-66(51)76(58(62)40-48)60-36-47(68-74-57-31-23-22-30-50(57)65(75-68)44-28-20-15-21-29-44)37-61-64(60)73(55)56-35-46(43-26-18-14-19-27-43)33-52-63-54(72(10,11)12)39-49(70(4,5)6)41-59(63)77(61)67(52)56/h15,20-23,28-43H,13-14,16-19,24-27H2,1-12H3. The third-order valence-corrected chi connectivity index (χ3v) is 19.0. The lowest BCUT2D eigenvalue weighted by atomic mass is 9.34. The Balaban J connectivity index is 1.21. The van der Waals surface area contributed by atoms with Crippen LogP contribution in [0.15, 0.2) is 115 Å². The van der Waals surface area contributed by atoms with Crippen molar-refractivity contribution in [1.82, 2.24) is 19.1 Å². The quantitative estimate of drug-likeness (QED) is 0.165. The summed E-state index contributed by atoms with van der Waals surface area (Å²) in [5, 5.41) is 6.75. The van der Waals surface area contributed by atoms with Crippen LogP contribution < -0.4 is 16.4 Å². The molecule has 0 N–H and O–H groups in total. The minimum Gasteiger partial charge on any atom is -0.310 e. The zero-order chi connectivity index (χ0) is 53.2. The van der Waals surface area contributed by atoms with Crippen molar-refractivity contribution in [2.24, 2.45) is 0 Å². The van der Waals surface area contributed by atoms with Crippen LogP contribution in [0.1, 0.15) is 193 Å². The number of aromatic nitrogens is 4. The summed E-state index contributed by atoms with van der Waals surface area (Å²) in [6.45, 7) is 29.0. The second-order valence-electron chi connectivity index (χ2n) is 28.3. The first-order valence-corrected chi connectivity index (χ1v) is 29.6. The summed E-state index contributed by atoms with van der Waals surface area (Å²) >= 11 is 0. The van der Waals surface area contributed by atoms with Gasteiger partial charge < -0.3 is 9.13 Å². The molecular formula is C72H77BN4.